The third kappa shape index (κ3) is 3.08. The number of rotatable bonds is 3. The van der Waals surface area contributed by atoms with Gasteiger partial charge < -0.3 is 4.57 Å². The van der Waals surface area contributed by atoms with Crippen molar-refractivity contribution in [1.82, 2.24) is 4.57 Å². The van der Waals surface area contributed by atoms with Crippen LogP contribution in [0, 0.1) is 3.57 Å². The highest BCUT2D eigenvalue weighted by molar-refractivity contribution is 14.1. The van der Waals surface area contributed by atoms with E-state index in [2.05, 4.69) is 56.7 Å². The molecule has 0 spiro atoms. The van der Waals surface area contributed by atoms with Gasteiger partial charge in [0, 0.05) is 33.8 Å². The van der Waals surface area contributed by atoms with E-state index in [1.54, 1.807) is 0 Å². The van der Waals surface area contributed by atoms with Gasteiger partial charge in [0.05, 0.1) is 5.69 Å². The van der Waals surface area contributed by atoms with Gasteiger partial charge in [-0.1, -0.05) is 25.0 Å². The van der Waals surface area contributed by atoms with E-state index < -0.39 is 0 Å². The summed E-state index contributed by atoms with van der Waals surface area (Å²) >= 11 is 2.32. The molecule has 1 saturated carbocycles. The Hall–Kier alpha value is -1.10. The van der Waals surface area contributed by atoms with E-state index in [0.717, 1.165) is 5.69 Å². The van der Waals surface area contributed by atoms with E-state index in [4.69, 9.17) is 0 Å². The van der Waals surface area contributed by atoms with E-state index in [1.807, 2.05) is 24.4 Å². The van der Waals surface area contributed by atoms with Gasteiger partial charge in [0.15, 0.2) is 0 Å². The van der Waals surface area contributed by atoms with Gasteiger partial charge in [0.1, 0.15) is 0 Å². The Morgan fingerprint density at radius 2 is 1.95 bits per heavy atom. The predicted octanol–water partition coefficient (Wildman–Crippen LogP) is 4.96. The van der Waals surface area contributed by atoms with Crippen LogP contribution in [0.2, 0.25) is 0 Å². The first-order valence-corrected chi connectivity index (χ1v) is 7.87. The first-order chi connectivity index (χ1) is 9.33. The normalized spacial score (nSPS) is 16.5. The van der Waals surface area contributed by atoms with Crippen molar-refractivity contribution in [3.63, 3.8) is 0 Å². The average Bonchev–Trinajstić information content (AvgIpc) is 3.09. The molecule has 1 aliphatic rings. The van der Waals surface area contributed by atoms with E-state index in [1.165, 1.54) is 34.8 Å². The molecule has 1 heterocycles. The fraction of sp³-hybridized carbons (Fsp3) is 0.312. The monoisotopic (exact) mass is 364 g/mol. The summed E-state index contributed by atoms with van der Waals surface area (Å²) in [6, 6.07) is 11.1. The number of aromatic nitrogens is 1. The molecule has 2 aromatic rings. The van der Waals surface area contributed by atoms with E-state index in [-0.39, 0.29) is 0 Å². The molecule has 2 nitrogen and oxygen atoms in total. The van der Waals surface area contributed by atoms with Crippen LogP contribution in [0.3, 0.4) is 0 Å². The van der Waals surface area contributed by atoms with Crippen LogP contribution < -0.4 is 0 Å². The summed E-state index contributed by atoms with van der Waals surface area (Å²) in [7, 11) is 0. The van der Waals surface area contributed by atoms with Crippen molar-refractivity contribution in [1.29, 1.82) is 0 Å². The van der Waals surface area contributed by atoms with Gasteiger partial charge in [0.2, 0.25) is 0 Å². The maximum Gasteiger partial charge on any atom is 0.0763 e. The minimum atomic E-state index is 0.707. The van der Waals surface area contributed by atoms with E-state index in [9.17, 15) is 0 Å². The molecule has 1 aromatic carbocycles. The molecular weight excluding hydrogens is 347 g/mol. The van der Waals surface area contributed by atoms with Crippen molar-refractivity contribution in [3.05, 3.63) is 51.9 Å². The number of halogens is 1. The molecule has 0 bridgehead atoms. The molecule has 0 atom stereocenters. The molecule has 3 heteroatoms. The third-order valence-electron chi connectivity index (χ3n) is 3.69. The Morgan fingerprint density at radius 3 is 2.74 bits per heavy atom. The molecule has 0 aliphatic heterocycles. The lowest BCUT2D eigenvalue weighted by atomic mass is 10.2. The summed E-state index contributed by atoms with van der Waals surface area (Å²) < 4.78 is 3.54. The second-order valence-electron chi connectivity index (χ2n) is 5.04. The maximum absolute atomic E-state index is 4.57. The predicted molar refractivity (Wildman–Crippen MR) is 88.4 cm³/mol. The third-order valence-corrected chi connectivity index (χ3v) is 4.60. The minimum absolute atomic E-state index is 0.707. The van der Waals surface area contributed by atoms with Crippen molar-refractivity contribution in [3.8, 4) is 0 Å². The van der Waals surface area contributed by atoms with Crippen LogP contribution >= 0.6 is 22.6 Å². The largest absolute Gasteiger partial charge is 0.351 e. The highest BCUT2D eigenvalue weighted by atomic mass is 127. The number of nitrogens with zero attached hydrogens (tertiary/aromatic N) is 2. The summed E-state index contributed by atoms with van der Waals surface area (Å²) in [5, 5.41) is 0. The molecule has 0 N–H and O–H groups in total. The lowest BCUT2D eigenvalue weighted by molar-refractivity contribution is 0.521. The summed E-state index contributed by atoms with van der Waals surface area (Å²) in [4.78, 5) is 4.57. The van der Waals surface area contributed by atoms with Crippen molar-refractivity contribution >= 4 is 34.5 Å². The molecular formula is C16H17IN2. The van der Waals surface area contributed by atoms with Gasteiger partial charge in [-0.05, 0) is 53.6 Å². The average molecular weight is 364 g/mol. The standard InChI is InChI=1S/C16H17IN2/c17-15-7-3-4-8-16(15)18-11-13-9-10-19(12-13)14-5-1-2-6-14/h3-4,7-12,14H,1-2,5-6H2. The quantitative estimate of drug-likeness (QED) is 0.541. The van der Waals surface area contributed by atoms with Gasteiger partial charge >= 0.3 is 0 Å². The fourth-order valence-electron chi connectivity index (χ4n) is 2.64. The summed E-state index contributed by atoms with van der Waals surface area (Å²) in [5.41, 5.74) is 2.23. The van der Waals surface area contributed by atoms with Crippen molar-refractivity contribution in [2.75, 3.05) is 0 Å². The summed E-state index contributed by atoms with van der Waals surface area (Å²) in [6.07, 6.45) is 11.7. The molecule has 3 rings (SSSR count). The highest BCUT2D eigenvalue weighted by Gasteiger charge is 2.15. The van der Waals surface area contributed by atoms with Crippen LogP contribution in [0.15, 0.2) is 47.7 Å². The Kier molecular flexibility index (Phi) is 4.01. The molecule has 1 aromatic heterocycles. The number of aliphatic imine (C=N–C) groups is 1. The summed E-state index contributed by atoms with van der Waals surface area (Å²) in [6.45, 7) is 0. The van der Waals surface area contributed by atoms with E-state index in [0.29, 0.717) is 6.04 Å². The Labute approximate surface area is 127 Å². The molecule has 98 valence electrons. The molecule has 0 unspecified atom stereocenters. The van der Waals surface area contributed by atoms with Crippen LogP contribution in [0.5, 0.6) is 0 Å². The van der Waals surface area contributed by atoms with Gasteiger partial charge in [-0.25, -0.2) is 0 Å². The Morgan fingerprint density at radius 1 is 1.16 bits per heavy atom. The van der Waals surface area contributed by atoms with Crippen molar-refractivity contribution < 1.29 is 0 Å². The van der Waals surface area contributed by atoms with Crippen LogP contribution in [-0.4, -0.2) is 10.8 Å². The fourth-order valence-corrected chi connectivity index (χ4v) is 3.16. The van der Waals surface area contributed by atoms with Gasteiger partial charge in [-0.15, -0.1) is 0 Å². The first-order valence-electron chi connectivity index (χ1n) is 6.79. The van der Waals surface area contributed by atoms with Crippen LogP contribution in [0.1, 0.15) is 37.3 Å². The van der Waals surface area contributed by atoms with Crippen LogP contribution in [0.25, 0.3) is 0 Å². The van der Waals surface area contributed by atoms with Crippen LogP contribution in [-0.2, 0) is 0 Å². The number of hydrogen-bond acceptors (Lipinski definition) is 1. The van der Waals surface area contributed by atoms with Gasteiger partial charge in [-0.2, -0.15) is 0 Å². The topological polar surface area (TPSA) is 17.3 Å². The number of hydrogen-bond donors (Lipinski definition) is 0. The second kappa shape index (κ2) is 5.90. The molecule has 0 amide bonds. The minimum Gasteiger partial charge on any atom is -0.351 e. The summed E-state index contributed by atoms with van der Waals surface area (Å²) in [5.74, 6) is 0. The highest BCUT2D eigenvalue weighted by Crippen LogP contribution is 2.29. The maximum atomic E-state index is 4.57. The first kappa shape index (κ1) is 12.9. The second-order valence-corrected chi connectivity index (χ2v) is 6.20. The van der Waals surface area contributed by atoms with Crippen LogP contribution in [0.4, 0.5) is 5.69 Å². The lowest BCUT2D eigenvalue weighted by Gasteiger charge is -2.10. The molecule has 0 saturated heterocycles. The lowest BCUT2D eigenvalue weighted by Crippen LogP contribution is -2.00. The molecule has 1 aliphatic carbocycles. The van der Waals surface area contributed by atoms with E-state index >= 15 is 0 Å². The number of benzene rings is 1. The zero-order valence-corrected chi connectivity index (χ0v) is 13.0. The number of para-hydroxylation sites is 1. The molecule has 0 radical (unpaired) electrons. The van der Waals surface area contributed by atoms with Crippen molar-refractivity contribution in [2.24, 2.45) is 4.99 Å². The Balaban J connectivity index is 1.75. The van der Waals surface area contributed by atoms with Crippen molar-refractivity contribution in [2.45, 2.75) is 31.7 Å². The van der Waals surface area contributed by atoms with Gasteiger partial charge in [0.25, 0.3) is 0 Å². The zero-order chi connectivity index (χ0) is 13.1. The zero-order valence-electron chi connectivity index (χ0n) is 10.8. The molecule has 19 heavy (non-hydrogen) atoms. The smallest absolute Gasteiger partial charge is 0.0763 e. The Bertz CT molecular complexity index is 580. The van der Waals surface area contributed by atoms with Gasteiger partial charge in [-0.3, -0.25) is 4.99 Å². The molecule has 1 fully saturated rings. The SMILES string of the molecule is Ic1ccccc1N=Cc1ccn(C2CCCC2)c1.